The third kappa shape index (κ3) is 4.53. The number of esters is 1. The molecule has 0 atom stereocenters. The summed E-state index contributed by atoms with van der Waals surface area (Å²) in [5, 5.41) is 0.519. The molecule has 0 radical (unpaired) electrons. The fraction of sp³-hybridized carbons (Fsp3) is 0.263. The molecule has 6 nitrogen and oxygen atoms in total. The molecular formula is C19H17ClO6. The highest BCUT2D eigenvalue weighted by atomic mass is 35.5. The summed E-state index contributed by atoms with van der Waals surface area (Å²) in [7, 11) is 0. The van der Waals surface area contributed by atoms with Crippen LogP contribution in [0.15, 0.2) is 36.4 Å². The molecule has 2 aromatic rings. The lowest BCUT2D eigenvalue weighted by Gasteiger charge is -2.21. The van der Waals surface area contributed by atoms with Gasteiger partial charge >= 0.3 is 5.97 Å². The van der Waals surface area contributed by atoms with Crippen LogP contribution >= 0.6 is 11.6 Å². The van der Waals surface area contributed by atoms with E-state index in [9.17, 15) is 9.59 Å². The van der Waals surface area contributed by atoms with Crippen LogP contribution in [0, 0.1) is 0 Å². The highest BCUT2D eigenvalue weighted by Crippen LogP contribution is 2.32. The van der Waals surface area contributed by atoms with Gasteiger partial charge in [-0.25, -0.2) is 4.79 Å². The normalized spacial score (nSPS) is 12.7. The number of ether oxygens (including phenoxy) is 4. The second kappa shape index (κ2) is 8.21. The maximum Gasteiger partial charge on any atom is 0.344 e. The molecule has 0 unspecified atom stereocenters. The molecule has 0 amide bonds. The van der Waals surface area contributed by atoms with E-state index in [-0.39, 0.29) is 25.8 Å². The topological polar surface area (TPSA) is 71.1 Å². The predicted molar refractivity (Wildman–Crippen MR) is 93.5 cm³/mol. The number of fused-ring (bicyclic) bond motifs is 1. The first-order valence-corrected chi connectivity index (χ1v) is 8.32. The second-order valence-corrected chi connectivity index (χ2v) is 6.13. The number of carbonyl (C=O) groups is 2. The lowest BCUT2D eigenvalue weighted by molar-refractivity contribution is -0.147. The lowest BCUT2D eigenvalue weighted by atomic mass is 10.1. The van der Waals surface area contributed by atoms with Crippen molar-refractivity contribution >= 4 is 23.4 Å². The fourth-order valence-corrected chi connectivity index (χ4v) is 2.76. The van der Waals surface area contributed by atoms with Gasteiger partial charge in [-0.15, -0.1) is 0 Å². The van der Waals surface area contributed by atoms with Gasteiger partial charge in [0.1, 0.15) is 18.1 Å². The molecular weight excluding hydrogens is 360 g/mol. The summed E-state index contributed by atoms with van der Waals surface area (Å²) >= 11 is 6.07. The van der Waals surface area contributed by atoms with E-state index in [1.807, 2.05) is 0 Å². The number of Topliss-reactive ketones (excluding diaryl/α,β-unsaturated/α-hetero) is 1. The monoisotopic (exact) mass is 376 g/mol. The summed E-state index contributed by atoms with van der Waals surface area (Å²) in [4.78, 5) is 23.1. The minimum atomic E-state index is -0.526. The Kier molecular flexibility index (Phi) is 5.75. The number of hydrogen-bond donors (Lipinski definition) is 0. The van der Waals surface area contributed by atoms with Crippen LogP contribution in [0.2, 0.25) is 5.02 Å². The Bertz CT molecular complexity index is 816. The lowest BCUT2D eigenvalue weighted by Crippen LogP contribution is -2.17. The van der Waals surface area contributed by atoms with Crippen LogP contribution in [0.1, 0.15) is 28.4 Å². The first kappa shape index (κ1) is 18.2. The van der Waals surface area contributed by atoms with Crippen molar-refractivity contribution in [3.05, 3.63) is 58.1 Å². The Labute approximate surface area is 155 Å². The summed E-state index contributed by atoms with van der Waals surface area (Å²) in [6.45, 7) is 1.81. The van der Waals surface area contributed by atoms with Gasteiger partial charge in [0.2, 0.25) is 0 Å². The van der Waals surface area contributed by atoms with E-state index in [4.69, 9.17) is 30.5 Å². The fourth-order valence-electron chi connectivity index (χ4n) is 2.49. The minimum Gasteiger partial charge on any atom is -0.482 e. The smallest absolute Gasteiger partial charge is 0.344 e. The van der Waals surface area contributed by atoms with E-state index >= 15 is 0 Å². The molecule has 1 heterocycles. The first-order chi connectivity index (χ1) is 12.5. The molecule has 0 spiro atoms. The summed E-state index contributed by atoms with van der Waals surface area (Å²) < 4.78 is 21.3. The first-order valence-electron chi connectivity index (χ1n) is 7.94. The number of benzene rings is 2. The highest BCUT2D eigenvalue weighted by Gasteiger charge is 2.17. The van der Waals surface area contributed by atoms with E-state index in [1.165, 1.54) is 6.92 Å². The van der Waals surface area contributed by atoms with Crippen molar-refractivity contribution in [1.29, 1.82) is 0 Å². The van der Waals surface area contributed by atoms with Crippen LogP contribution in [0.5, 0.6) is 11.5 Å². The highest BCUT2D eigenvalue weighted by molar-refractivity contribution is 6.30. The molecule has 0 fully saturated rings. The molecule has 1 aliphatic rings. The summed E-state index contributed by atoms with van der Waals surface area (Å²) in [6, 6.07) is 9.99. The number of carbonyl (C=O) groups excluding carboxylic acids is 2. The Balaban J connectivity index is 1.54. The van der Waals surface area contributed by atoms with Gasteiger partial charge in [-0.05, 0) is 43.3 Å². The van der Waals surface area contributed by atoms with Crippen LogP contribution in [0.3, 0.4) is 0 Å². The molecule has 0 saturated carbocycles. The molecule has 0 N–H and O–H groups in total. The van der Waals surface area contributed by atoms with E-state index in [0.717, 1.165) is 5.56 Å². The van der Waals surface area contributed by atoms with Gasteiger partial charge in [0.15, 0.2) is 19.2 Å². The van der Waals surface area contributed by atoms with Gasteiger partial charge in [-0.2, -0.15) is 0 Å². The predicted octanol–water partition coefficient (Wildman–Crippen LogP) is 3.53. The van der Waals surface area contributed by atoms with Crippen molar-refractivity contribution in [3.8, 4) is 11.5 Å². The molecule has 1 aliphatic heterocycles. The van der Waals surface area contributed by atoms with Gasteiger partial charge in [0, 0.05) is 21.7 Å². The molecule has 3 rings (SSSR count). The van der Waals surface area contributed by atoms with E-state index < -0.39 is 5.97 Å². The molecule has 26 heavy (non-hydrogen) atoms. The third-order valence-electron chi connectivity index (χ3n) is 3.76. The zero-order chi connectivity index (χ0) is 18.5. The quantitative estimate of drug-likeness (QED) is 0.567. The summed E-state index contributed by atoms with van der Waals surface area (Å²) in [6.07, 6.45) is 0. The third-order valence-corrected chi connectivity index (χ3v) is 3.98. The van der Waals surface area contributed by atoms with E-state index in [2.05, 4.69) is 0 Å². The molecule has 0 aromatic heterocycles. The number of rotatable bonds is 6. The van der Waals surface area contributed by atoms with Gasteiger partial charge in [-0.3, -0.25) is 4.79 Å². The minimum absolute atomic E-state index is 0.0222. The van der Waals surface area contributed by atoms with Crippen molar-refractivity contribution in [2.45, 2.75) is 20.1 Å². The Hall–Kier alpha value is -2.57. The molecule has 0 aliphatic carbocycles. The van der Waals surface area contributed by atoms with E-state index in [0.29, 0.717) is 34.3 Å². The SMILES string of the molecule is CC(=O)c1ccc(OCC(=O)OCc2cc(Cl)cc3c2OCOC3)cc1. The Morgan fingerprint density at radius 3 is 2.69 bits per heavy atom. The molecule has 2 aromatic carbocycles. The van der Waals surface area contributed by atoms with Crippen LogP contribution in [-0.4, -0.2) is 25.2 Å². The van der Waals surface area contributed by atoms with Gasteiger partial charge < -0.3 is 18.9 Å². The number of hydrogen-bond acceptors (Lipinski definition) is 6. The largest absolute Gasteiger partial charge is 0.482 e. The van der Waals surface area contributed by atoms with Gasteiger partial charge in [-0.1, -0.05) is 11.6 Å². The average Bonchev–Trinajstić information content (AvgIpc) is 2.64. The summed E-state index contributed by atoms with van der Waals surface area (Å²) in [5.41, 5.74) is 2.07. The van der Waals surface area contributed by atoms with Crippen molar-refractivity contribution in [2.75, 3.05) is 13.4 Å². The number of halogens is 1. The van der Waals surface area contributed by atoms with Gasteiger partial charge in [0.05, 0.1) is 6.61 Å². The van der Waals surface area contributed by atoms with Crippen molar-refractivity contribution in [3.63, 3.8) is 0 Å². The zero-order valence-electron chi connectivity index (χ0n) is 14.1. The molecule has 136 valence electrons. The Morgan fingerprint density at radius 2 is 1.96 bits per heavy atom. The van der Waals surface area contributed by atoms with Crippen LogP contribution in [-0.2, 0) is 27.5 Å². The maximum absolute atomic E-state index is 11.9. The van der Waals surface area contributed by atoms with Crippen molar-refractivity contribution < 1.29 is 28.5 Å². The van der Waals surface area contributed by atoms with Crippen molar-refractivity contribution in [2.24, 2.45) is 0 Å². The number of ketones is 1. The average molecular weight is 377 g/mol. The molecule has 7 heteroatoms. The maximum atomic E-state index is 11.9. The van der Waals surface area contributed by atoms with Crippen molar-refractivity contribution in [1.82, 2.24) is 0 Å². The van der Waals surface area contributed by atoms with Crippen LogP contribution in [0.4, 0.5) is 0 Å². The zero-order valence-corrected chi connectivity index (χ0v) is 14.9. The summed E-state index contributed by atoms with van der Waals surface area (Å²) in [5.74, 6) is 0.552. The standard InChI is InChI=1S/C19H17ClO6/c1-12(21)13-2-4-17(5-3-13)24-10-18(22)25-9-15-7-16(20)6-14-8-23-11-26-19(14)15/h2-7H,8-11H2,1H3. The molecule has 0 saturated heterocycles. The van der Waals surface area contributed by atoms with Crippen LogP contribution in [0.25, 0.3) is 0 Å². The van der Waals surface area contributed by atoms with Gasteiger partial charge in [0.25, 0.3) is 0 Å². The van der Waals surface area contributed by atoms with Crippen LogP contribution < -0.4 is 9.47 Å². The molecule has 0 bridgehead atoms. The van der Waals surface area contributed by atoms with E-state index in [1.54, 1.807) is 36.4 Å². The second-order valence-electron chi connectivity index (χ2n) is 5.69. The Morgan fingerprint density at radius 1 is 1.19 bits per heavy atom.